The highest BCUT2D eigenvalue weighted by atomic mass is 31.2. The number of esters is 1. The summed E-state index contributed by atoms with van der Waals surface area (Å²) in [6.45, 7) is 6.70. The van der Waals surface area contributed by atoms with Crippen molar-refractivity contribution in [1.82, 2.24) is 0 Å². The number of rotatable bonds is 23. The molecular weight excluding hydrogens is 553 g/mol. The van der Waals surface area contributed by atoms with E-state index < -0.39 is 20.7 Å². The average Bonchev–Trinajstić information content (AvgIpc) is 2.95. The number of carbonyl (C=O) groups is 1. The Balaban J connectivity index is 1.84. The van der Waals surface area contributed by atoms with Gasteiger partial charge in [0.25, 0.3) is 0 Å². The van der Waals surface area contributed by atoms with Crippen molar-refractivity contribution in [3.8, 4) is 11.5 Å². The van der Waals surface area contributed by atoms with E-state index in [1.165, 1.54) is 64.7 Å². The highest BCUT2D eigenvalue weighted by molar-refractivity contribution is 7.40. The molecule has 0 aliphatic rings. The summed E-state index contributed by atoms with van der Waals surface area (Å²) in [5, 5.41) is 1.89. The third kappa shape index (κ3) is 14.5. The number of hydrogen-bond donors (Lipinski definition) is 1. The second kappa shape index (κ2) is 20.1. The van der Waals surface area contributed by atoms with Crippen LogP contribution >= 0.6 is 8.60 Å². The number of likely N-dealkylation sites (N-methyl/N-ethyl adjacent to an activating group) is 1. The number of nitrogens with zero attached hydrogens (tertiary/aromatic N) is 1. The van der Waals surface area contributed by atoms with Gasteiger partial charge >= 0.3 is 14.6 Å². The lowest BCUT2D eigenvalue weighted by Gasteiger charge is -2.31. The van der Waals surface area contributed by atoms with Gasteiger partial charge in [-0.2, -0.15) is 0 Å². The molecule has 0 aliphatic heterocycles. The SMILES string of the molecule is CCCCCCCCCCCCOc1cccc2c(OCC(COP(O)OCC(C)[N+](C)(C)C)OC(C)=O)cccc12. The lowest BCUT2D eigenvalue weighted by atomic mass is 10.1. The molecule has 9 heteroatoms. The maximum absolute atomic E-state index is 11.7. The van der Waals surface area contributed by atoms with Crippen LogP contribution in [0.15, 0.2) is 36.4 Å². The van der Waals surface area contributed by atoms with Gasteiger partial charge in [-0.1, -0.05) is 89.0 Å². The van der Waals surface area contributed by atoms with Crippen LogP contribution in [0.5, 0.6) is 11.5 Å². The number of quaternary nitrogens is 1. The van der Waals surface area contributed by atoms with Crippen LogP contribution in [-0.2, 0) is 18.6 Å². The molecule has 3 atom stereocenters. The molecule has 238 valence electrons. The standard InChI is InChI=1S/C33H55NO7P/c1-7-8-9-10-11-12-13-14-15-16-23-37-32-21-17-20-31-30(32)19-18-22-33(31)38-25-29(41-28(3)35)26-40-42(36)39-24-27(2)34(4,5)6/h17-22,27,29,36H,7-16,23-26H2,1-6H3/q+1. The summed E-state index contributed by atoms with van der Waals surface area (Å²) in [6, 6.07) is 12.0. The van der Waals surface area contributed by atoms with E-state index in [2.05, 4.69) is 28.1 Å². The predicted molar refractivity (Wildman–Crippen MR) is 171 cm³/mol. The normalized spacial score (nSPS) is 14.0. The zero-order valence-electron chi connectivity index (χ0n) is 26.8. The van der Waals surface area contributed by atoms with Gasteiger partial charge in [0, 0.05) is 17.7 Å². The fourth-order valence-electron chi connectivity index (χ4n) is 4.39. The highest BCUT2D eigenvalue weighted by Crippen LogP contribution is 2.35. The molecule has 2 rings (SSSR count). The van der Waals surface area contributed by atoms with Crippen LogP contribution in [0, 0.1) is 0 Å². The number of hydrogen-bond acceptors (Lipinski definition) is 7. The molecule has 0 aromatic heterocycles. The molecule has 42 heavy (non-hydrogen) atoms. The minimum Gasteiger partial charge on any atom is -0.493 e. The van der Waals surface area contributed by atoms with Gasteiger partial charge in [-0.3, -0.25) is 4.79 Å². The third-order valence-corrected chi connectivity index (χ3v) is 8.21. The number of unbranched alkanes of at least 4 members (excludes halogenated alkanes) is 9. The molecule has 0 spiro atoms. The van der Waals surface area contributed by atoms with E-state index in [0.717, 1.165) is 22.9 Å². The van der Waals surface area contributed by atoms with E-state index in [1.54, 1.807) is 0 Å². The van der Waals surface area contributed by atoms with Crippen LogP contribution in [0.25, 0.3) is 10.8 Å². The Morgan fingerprint density at radius 2 is 1.31 bits per heavy atom. The molecule has 0 amide bonds. The molecule has 3 unspecified atom stereocenters. The first-order valence-corrected chi connectivity index (χ1v) is 16.7. The second-order valence-electron chi connectivity index (χ2n) is 12.0. The fraction of sp³-hybridized carbons (Fsp3) is 0.667. The largest absolute Gasteiger partial charge is 0.493 e. The van der Waals surface area contributed by atoms with Crippen molar-refractivity contribution in [2.45, 2.75) is 97.1 Å². The molecule has 0 aliphatic carbocycles. The van der Waals surface area contributed by atoms with E-state index >= 15 is 0 Å². The van der Waals surface area contributed by atoms with Gasteiger partial charge in [-0.15, -0.1) is 0 Å². The number of fused-ring (bicyclic) bond motifs is 1. The lowest BCUT2D eigenvalue weighted by molar-refractivity contribution is -0.894. The Morgan fingerprint density at radius 3 is 1.86 bits per heavy atom. The predicted octanol–water partition coefficient (Wildman–Crippen LogP) is 7.80. The minimum absolute atomic E-state index is 0.0431. The summed E-state index contributed by atoms with van der Waals surface area (Å²) >= 11 is 0. The Labute approximate surface area is 255 Å². The Bertz CT molecular complexity index is 1030. The average molecular weight is 609 g/mol. The maximum Gasteiger partial charge on any atom is 0.330 e. The molecule has 0 fully saturated rings. The molecule has 2 aromatic carbocycles. The summed E-state index contributed by atoms with van der Waals surface area (Å²) in [4.78, 5) is 21.9. The van der Waals surface area contributed by atoms with Crippen molar-refractivity contribution >= 4 is 25.3 Å². The van der Waals surface area contributed by atoms with E-state index in [0.29, 0.717) is 23.4 Å². The highest BCUT2D eigenvalue weighted by Gasteiger charge is 2.22. The molecule has 2 aromatic rings. The van der Waals surface area contributed by atoms with Gasteiger partial charge < -0.3 is 32.6 Å². The zero-order chi connectivity index (χ0) is 30.8. The van der Waals surface area contributed by atoms with Gasteiger partial charge in [0.2, 0.25) is 0 Å². The maximum atomic E-state index is 11.7. The van der Waals surface area contributed by atoms with E-state index in [1.807, 2.05) is 43.3 Å². The van der Waals surface area contributed by atoms with E-state index in [4.69, 9.17) is 23.3 Å². The first kappa shape index (κ1) is 36.2. The number of benzene rings is 2. The Morgan fingerprint density at radius 1 is 0.786 bits per heavy atom. The zero-order valence-corrected chi connectivity index (χ0v) is 27.7. The van der Waals surface area contributed by atoms with Crippen LogP contribution in [0.1, 0.15) is 85.0 Å². The molecule has 1 N–H and O–H groups in total. The monoisotopic (exact) mass is 608 g/mol. The van der Waals surface area contributed by atoms with Crippen LogP contribution in [0.2, 0.25) is 0 Å². The summed E-state index contributed by atoms with van der Waals surface area (Å²) in [5.41, 5.74) is 0. The van der Waals surface area contributed by atoms with Crippen molar-refractivity contribution < 1.29 is 37.4 Å². The third-order valence-electron chi connectivity index (χ3n) is 7.47. The fourth-order valence-corrected chi connectivity index (χ4v) is 5.10. The molecule has 0 saturated heterocycles. The smallest absolute Gasteiger partial charge is 0.330 e. The quantitative estimate of drug-likeness (QED) is 0.0597. The Hall–Kier alpha value is -1.96. The molecular formula is C33H55NO7P+. The first-order valence-electron chi connectivity index (χ1n) is 15.6. The van der Waals surface area contributed by atoms with Gasteiger partial charge in [-0.05, 0) is 25.5 Å². The van der Waals surface area contributed by atoms with Gasteiger partial charge in [-0.25, -0.2) is 0 Å². The van der Waals surface area contributed by atoms with Crippen molar-refractivity contribution in [3.05, 3.63) is 36.4 Å². The summed E-state index contributed by atoms with van der Waals surface area (Å²) in [6.07, 6.45) is 12.2. The van der Waals surface area contributed by atoms with E-state index in [9.17, 15) is 9.69 Å². The van der Waals surface area contributed by atoms with Crippen molar-refractivity contribution in [3.63, 3.8) is 0 Å². The van der Waals surface area contributed by atoms with Crippen LogP contribution in [0.4, 0.5) is 0 Å². The van der Waals surface area contributed by atoms with Crippen molar-refractivity contribution in [1.29, 1.82) is 0 Å². The van der Waals surface area contributed by atoms with Crippen LogP contribution in [0.3, 0.4) is 0 Å². The second-order valence-corrected chi connectivity index (χ2v) is 13.0. The molecule has 0 saturated carbocycles. The van der Waals surface area contributed by atoms with Gasteiger partial charge in [0.05, 0.1) is 34.4 Å². The number of ether oxygens (including phenoxy) is 3. The van der Waals surface area contributed by atoms with Crippen LogP contribution < -0.4 is 9.47 Å². The topological polar surface area (TPSA) is 83.5 Å². The molecule has 0 heterocycles. The summed E-state index contributed by atoms with van der Waals surface area (Å²) in [7, 11) is 4.07. The first-order chi connectivity index (χ1) is 20.1. The minimum atomic E-state index is -2.10. The molecule has 0 radical (unpaired) electrons. The summed E-state index contributed by atoms with van der Waals surface area (Å²) < 4.78 is 29.3. The van der Waals surface area contributed by atoms with Gasteiger partial charge in [0.1, 0.15) is 30.8 Å². The number of carbonyl (C=O) groups excluding carboxylic acids is 1. The molecule has 0 bridgehead atoms. The van der Waals surface area contributed by atoms with E-state index in [-0.39, 0.29) is 19.3 Å². The van der Waals surface area contributed by atoms with Crippen LogP contribution in [-0.4, -0.2) is 75.1 Å². The van der Waals surface area contributed by atoms with Crippen molar-refractivity contribution in [2.24, 2.45) is 0 Å². The lowest BCUT2D eigenvalue weighted by Crippen LogP contribution is -2.45. The summed E-state index contributed by atoms with van der Waals surface area (Å²) in [5.74, 6) is 1.04. The Kier molecular flexibility index (Phi) is 17.3. The van der Waals surface area contributed by atoms with Crippen molar-refractivity contribution in [2.75, 3.05) is 47.6 Å². The molecule has 8 nitrogen and oxygen atoms in total. The van der Waals surface area contributed by atoms with Gasteiger partial charge in [0.15, 0.2) is 6.10 Å².